The zero-order chi connectivity index (χ0) is 13.8. The van der Waals surface area contributed by atoms with E-state index in [1.165, 1.54) is 12.1 Å². The average Bonchev–Trinajstić information content (AvgIpc) is 3.18. The van der Waals surface area contributed by atoms with Gasteiger partial charge in [-0.1, -0.05) is 6.92 Å². The summed E-state index contributed by atoms with van der Waals surface area (Å²) in [5.74, 6) is 0.167. The minimum absolute atomic E-state index is 0.0188. The van der Waals surface area contributed by atoms with Crippen LogP contribution < -0.4 is 5.32 Å². The van der Waals surface area contributed by atoms with Gasteiger partial charge in [0.1, 0.15) is 5.82 Å². The van der Waals surface area contributed by atoms with Crippen molar-refractivity contribution in [1.29, 1.82) is 0 Å². The molecule has 0 amide bonds. The zero-order valence-electron chi connectivity index (χ0n) is 11.1. The van der Waals surface area contributed by atoms with E-state index in [0.29, 0.717) is 17.9 Å². The minimum atomic E-state index is -0.432. The smallest absolute Gasteiger partial charge is 0.272 e. The Bertz CT molecular complexity index is 461. The molecule has 1 aliphatic rings. The first-order valence-electron chi connectivity index (χ1n) is 6.78. The Hall–Kier alpha value is -1.49. The molecule has 104 valence electrons. The number of nitrogens with one attached hydrogen (secondary N) is 1. The highest BCUT2D eigenvalue weighted by molar-refractivity contribution is 5.41. The number of hydrogen-bond donors (Lipinski definition) is 1. The van der Waals surface area contributed by atoms with Gasteiger partial charge in [-0.05, 0) is 50.3 Å². The topological polar surface area (TPSA) is 55.2 Å². The standard InChI is InChI=1S/C14H19FN2O2/c1-2-7-16-13(10-3-4-10)9-11-8-12(15)5-6-14(11)17(18)19/h5-6,8,10,13,16H,2-4,7,9H2,1H3. The Kier molecular flexibility index (Phi) is 4.47. The molecule has 19 heavy (non-hydrogen) atoms. The Morgan fingerprint density at radius 1 is 1.53 bits per heavy atom. The summed E-state index contributed by atoms with van der Waals surface area (Å²) >= 11 is 0. The molecule has 2 rings (SSSR count). The van der Waals surface area contributed by atoms with Gasteiger partial charge in [0.05, 0.1) is 4.92 Å². The number of benzene rings is 1. The maximum absolute atomic E-state index is 13.3. The van der Waals surface area contributed by atoms with E-state index in [1.54, 1.807) is 0 Å². The highest BCUT2D eigenvalue weighted by atomic mass is 19.1. The molecule has 4 nitrogen and oxygen atoms in total. The molecule has 0 aromatic heterocycles. The lowest BCUT2D eigenvalue weighted by molar-refractivity contribution is -0.385. The van der Waals surface area contributed by atoms with Gasteiger partial charge in [0.2, 0.25) is 0 Å². The largest absolute Gasteiger partial charge is 0.313 e. The van der Waals surface area contributed by atoms with Crippen molar-refractivity contribution in [1.82, 2.24) is 5.32 Å². The number of halogens is 1. The summed E-state index contributed by atoms with van der Waals surface area (Å²) in [5, 5.41) is 14.4. The molecule has 1 N–H and O–H groups in total. The summed E-state index contributed by atoms with van der Waals surface area (Å²) < 4.78 is 13.3. The third kappa shape index (κ3) is 3.73. The predicted molar refractivity (Wildman–Crippen MR) is 71.6 cm³/mol. The van der Waals surface area contributed by atoms with Gasteiger partial charge in [0.15, 0.2) is 0 Å². The fourth-order valence-electron chi connectivity index (χ4n) is 2.37. The summed E-state index contributed by atoms with van der Waals surface area (Å²) in [6.45, 7) is 2.98. The summed E-state index contributed by atoms with van der Waals surface area (Å²) in [5.41, 5.74) is 0.510. The van der Waals surface area contributed by atoms with Crippen molar-refractivity contribution in [3.05, 3.63) is 39.7 Å². The third-order valence-electron chi connectivity index (χ3n) is 3.53. The van der Waals surface area contributed by atoms with Gasteiger partial charge in [-0.15, -0.1) is 0 Å². The predicted octanol–water partition coefficient (Wildman–Crippen LogP) is 3.05. The van der Waals surface area contributed by atoms with Crippen LogP contribution in [0.25, 0.3) is 0 Å². The molecule has 0 bridgehead atoms. The van der Waals surface area contributed by atoms with Crippen LogP contribution in [0.15, 0.2) is 18.2 Å². The molecule has 0 radical (unpaired) electrons. The van der Waals surface area contributed by atoms with Crippen LogP contribution in [0.5, 0.6) is 0 Å². The maximum atomic E-state index is 13.3. The van der Waals surface area contributed by atoms with Crippen LogP contribution in [0.2, 0.25) is 0 Å². The second-order valence-corrected chi connectivity index (χ2v) is 5.13. The molecular weight excluding hydrogens is 247 g/mol. The molecule has 1 aromatic carbocycles. The Balaban J connectivity index is 2.15. The van der Waals surface area contributed by atoms with Crippen molar-refractivity contribution < 1.29 is 9.31 Å². The first kappa shape index (κ1) is 13.9. The lowest BCUT2D eigenvalue weighted by atomic mass is 10.0. The van der Waals surface area contributed by atoms with Gasteiger partial charge in [-0.2, -0.15) is 0 Å². The normalized spacial score (nSPS) is 16.3. The summed E-state index contributed by atoms with van der Waals surface area (Å²) in [6.07, 6.45) is 3.86. The highest BCUT2D eigenvalue weighted by Gasteiger charge is 2.32. The minimum Gasteiger partial charge on any atom is -0.313 e. The molecule has 1 aromatic rings. The second kappa shape index (κ2) is 6.10. The Morgan fingerprint density at radius 2 is 2.26 bits per heavy atom. The highest BCUT2D eigenvalue weighted by Crippen LogP contribution is 2.35. The quantitative estimate of drug-likeness (QED) is 0.609. The Labute approximate surface area is 112 Å². The summed E-state index contributed by atoms with van der Waals surface area (Å²) in [7, 11) is 0. The fraction of sp³-hybridized carbons (Fsp3) is 0.571. The molecule has 0 heterocycles. The number of nitro groups is 1. The second-order valence-electron chi connectivity index (χ2n) is 5.13. The molecule has 1 unspecified atom stereocenters. The molecule has 0 spiro atoms. The number of hydrogen-bond acceptors (Lipinski definition) is 3. The fourth-order valence-corrected chi connectivity index (χ4v) is 2.37. The van der Waals surface area contributed by atoms with E-state index in [9.17, 15) is 14.5 Å². The van der Waals surface area contributed by atoms with Gasteiger partial charge in [0.25, 0.3) is 5.69 Å². The van der Waals surface area contributed by atoms with Crippen LogP contribution in [0.1, 0.15) is 31.7 Å². The van der Waals surface area contributed by atoms with Crippen LogP contribution in [0, 0.1) is 21.8 Å². The van der Waals surface area contributed by atoms with Crippen LogP contribution >= 0.6 is 0 Å². The first-order chi connectivity index (χ1) is 9.11. The van der Waals surface area contributed by atoms with E-state index in [-0.39, 0.29) is 11.7 Å². The number of nitro benzene ring substituents is 1. The molecular formula is C14H19FN2O2. The first-order valence-corrected chi connectivity index (χ1v) is 6.78. The van der Waals surface area contributed by atoms with Crippen LogP contribution in [-0.4, -0.2) is 17.5 Å². The van der Waals surface area contributed by atoms with Crippen LogP contribution in [-0.2, 0) is 6.42 Å². The maximum Gasteiger partial charge on any atom is 0.272 e. The van der Waals surface area contributed by atoms with Gasteiger partial charge in [-0.3, -0.25) is 10.1 Å². The molecule has 5 heteroatoms. The monoisotopic (exact) mass is 266 g/mol. The lowest BCUT2D eigenvalue weighted by Gasteiger charge is -2.18. The van der Waals surface area contributed by atoms with Crippen LogP contribution in [0.4, 0.5) is 10.1 Å². The van der Waals surface area contributed by atoms with Crippen molar-refractivity contribution in [2.75, 3.05) is 6.54 Å². The SMILES string of the molecule is CCCNC(Cc1cc(F)ccc1[N+](=O)[O-])C1CC1. The zero-order valence-corrected chi connectivity index (χ0v) is 11.1. The van der Waals surface area contributed by atoms with E-state index < -0.39 is 10.7 Å². The molecule has 1 aliphatic carbocycles. The van der Waals surface area contributed by atoms with Crippen molar-refractivity contribution >= 4 is 5.69 Å². The van der Waals surface area contributed by atoms with E-state index in [1.807, 2.05) is 0 Å². The van der Waals surface area contributed by atoms with Gasteiger partial charge < -0.3 is 5.32 Å². The summed E-state index contributed by atoms with van der Waals surface area (Å²) in [4.78, 5) is 10.5. The van der Waals surface area contributed by atoms with Gasteiger partial charge in [0, 0.05) is 17.7 Å². The number of nitrogens with zero attached hydrogens (tertiary/aromatic N) is 1. The van der Waals surface area contributed by atoms with Crippen molar-refractivity contribution in [2.24, 2.45) is 5.92 Å². The van der Waals surface area contributed by atoms with E-state index >= 15 is 0 Å². The van der Waals surface area contributed by atoms with E-state index in [2.05, 4.69) is 12.2 Å². The molecule has 1 fully saturated rings. The molecule has 0 saturated heterocycles. The van der Waals surface area contributed by atoms with Crippen molar-refractivity contribution in [3.63, 3.8) is 0 Å². The molecule has 1 atom stereocenters. The summed E-state index contributed by atoms with van der Waals surface area (Å²) in [6, 6.07) is 3.92. The van der Waals surface area contributed by atoms with Crippen molar-refractivity contribution in [3.8, 4) is 0 Å². The average molecular weight is 266 g/mol. The van der Waals surface area contributed by atoms with E-state index in [0.717, 1.165) is 31.9 Å². The van der Waals surface area contributed by atoms with Crippen molar-refractivity contribution in [2.45, 2.75) is 38.6 Å². The van der Waals surface area contributed by atoms with Crippen LogP contribution in [0.3, 0.4) is 0 Å². The number of rotatable bonds is 7. The third-order valence-corrected chi connectivity index (χ3v) is 3.53. The Morgan fingerprint density at radius 3 is 2.84 bits per heavy atom. The molecule has 0 aliphatic heterocycles. The van der Waals surface area contributed by atoms with E-state index in [4.69, 9.17) is 0 Å². The molecule has 1 saturated carbocycles. The lowest BCUT2D eigenvalue weighted by Crippen LogP contribution is -2.33. The van der Waals surface area contributed by atoms with Gasteiger partial charge in [-0.25, -0.2) is 4.39 Å². The van der Waals surface area contributed by atoms with Gasteiger partial charge >= 0.3 is 0 Å².